The van der Waals surface area contributed by atoms with Crippen molar-refractivity contribution in [3.05, 3.63) is 59.0 Å². The summed E-state index contributed by atoms with van der Waals surface area (Å²) in [4.78, 5) is 23.5. The van der Waals surface area contributed by atoms with Crippen LogP contribution in [0.1, 0.15) is 50.9 Å². The van der Waals surface area contributed by atoms with E-state index < -0.39 is 5.97 Å². The highest BCUT2D eigenvalue weighted by molar-refractivity contribution is 6.04. The molecule has 0 saturated heterocycles. The molecule has 1 amide bonds. The third kappa shape index (κ3) is 2.54. The van der Waals surface area contributed by atoms with Gasteiger partial charge in [-0.3, -0.25) is 4.79 Å². The standard InChI is InChI=1S/C16H15NO4/c18-15(10-4-1-2-5-11(10)16(19)20)17-13-6-3-7-14-12(13)8-9-21-14/h1-2,4-5,8-9,13H,3,6-7H2,(H,17,18)(H,19,20). The first-order valence-electron chi connectivity index (χ1n) is 6.86. The summed E-state index contributed by atoms with van der Waals surface area (Å²) in [6.45, 7) is 0. The molecular weight excluding hydrogens is 270 g/mol. The van der Waals surface area contributed by atoms with Crippen LogP contribution in [0.15, 0.2) is 41.0 Å². The number of benzene rings is 1. The Morgan fingerprint density at radius 1 is 1.19 bits per heavy atom. The van der Waals surface area contributed by atoms with Crippen LogP contribution in [0.3, 0.4) is 0 Å². The second-order valence-electron chi connectivity index (χ2n) is 5.07. The molecule has 21 heavy (non-hydrogen) atoms. The molecule has 1 aromatic heterocycles. The fraction of sp³-hybridized carbons (Fsp3) is 0.250. The minimum atomic E-state index is -1.10. The Labute approximate surface area is 121 Å². The molecule has 1 unspecified atom stereocenters. The molecule has 2 N–H and O–H groups in total. The van der Waals surface area contributed by atoms with E-state index in [0.717, 1.165) is 30.6 Å². The quantitative estimate of drug-likeness (QED) is 0.908. The number of amides is 1. The van der Waals surface area contributed by atoms with Crippen LogP contribution in [0.4, 0.5) is 0 Å². The molecule has 1 atom stereocenters. The van der Waals surface area contributed by atoms with Crippen molar-refractivity contribution in [2.45, 2.75) is 25.3 Å². The highest BCUT2D eigenvalue weighted by Gasteiger charge is 2.25. The maximum absolute atomic E-state index is 12.4. The van der Waals surface area contributed by atoms with E-state index in [1.807, 2.05) is 6.07 Å². The lowest BCUT2D eigenvalue weighted by atomic mass is 9.93. The number of hydrogen-bond donors (Lipinski definition) is 2. The summed E-state index contributed by atoms with van der Waals surface area (Å²) in [5, 5.41) is 12.1. The fourth-order valence-corrected chi connectivity index (χ4v) is 2.74. The van der Waals surface area contributed by atoms with Gasteiger partial charge in [0, 0.05) is 12.0 Å². The highest BCUT2D eigenvalue weighted by Crippen LogP contribution is 2.30. The summed E-state index contributed by atoms with van der Waals surface area (Å²) in [5.74, 6) is -0.571. The van der Waals surface area contributed by atoms with Crippen LogP contribution in [0, 0.1) is 0 Å². The number of nitrogens with one attached hydrogen (secondary N) is 1. The number of carboxylic acids is 1. The van der Waals surface area contributed by atoms with Crippen LogP contribution >= 0.6 is 0 Å². The number of rotatable bonds is 3. The minimum absolute atomic E-state index is 0.0122. The average molecular weight is 285 g/mol. The second-order valence-corrected chi connectivity index (χ2v) is 5.07. The van der Waals surface area contributed by atoms with Crippen LogP contribution < -0.4 is 5.32 Å². The fourth-order valence-electron chi connectivity index (χ4n) is 2.74. The van der Waals surface area contributed by atoms with Gasteiger partial charge in [0.1, 0.15) is 5.76 Å². The van der Waals surface area contributed by atoms with E-state index in [9.17, 15) is 9.59 Å². The van der Waals surface area contributed by atoms with Gasteiger partial charge in [0.05, 0.1) is 23.4 Å². The smallest absolute Gasteiger partial charge is 0.336 e. The van der Waals surface area contributed by atoms with Crippen molar-refractivity contribution in [3.8, 4) is 0 Å². The Bertz CT molecular complexity index is 689. The molecule has 0 fully saturated rings. The van der Waals surface area contributed by atoms with Crippen molar-refractivity contribution in [2.75, 3.05) is 0 Å². The number of carboxylic acid groups (broad SMARTS) is 1. The van der Waals surface area contributed by atoms with Gasteiger partial charge in [-0.1, -0.05) is 12.1 Å². The van der Waals surface area contributed by atoms with E-state index >= 15 is 0 Å². The Morgan fingerprint density at radius 2 is 1.95 bits per heavy atom. The zero-order valence-corrected chi connectivity index (χ0v) is 11.3. The molecule has 5 heteroatoms. The van der Waals surface area contributed by atoms with Crippen LogP contribution in [-0.2, 0) is 6.42 Å². The maximum Gasteiger partial charge on any atom is 0.336 e. The monoisotopic (exact) mass is 285 g/mol. The van der Waals surface area contributed by atoms with E-state index in [1.54, 1.807) is 18.4 Å². The normalized spacial score (nSPS) is 17.0. The zero-order valence-electron chi connectivity index (χ0n) is 11.3. The third-order valence-corrected chi connectivity index (χ3v) is 3.76. The minimum Gasteiger partial charge on any atom is -0.478 e. The Kier molecular flexibility index (Phi) is 3.48. The molecular formula is C16H15NO4. The van der Waals surface area contributed by atoms with Gasteiger partial charge in [-0.2, -0.15) is 0 Å². The Balaban J connectivity index is 1.84. The number of carbonyl (C=O) groups excluding carboxylic acids is 1. The van der Waals surface area contributed by atoms with Gasteiger partial charge >= 0.3 is 5.97 Å². The van der Waals surface area contributed by atoms with Gasteiger partial charge < -0.3 is 14.8 Å². The number of hydrogen-bond acceptors (Lipinski definition) is 3. The van der Waals surface area contributed by atoms with Gasteiger partial charge in [0.15, 0.2) is 0 Å². The summed E-state index contributed by atoms with van der Waals surface area (Å²) in [6.07, 6.45) is 4.26. The summed E-state index contributed by atoms with van der Waals surface area (Å²) in [7, 11) is 0. The lowest BCUT2D eigenvalue weighted by Gasteiger charge is -2.23. The number of furan rings is 1. The largest absolute Gasteiger partial charge is 0.478 e. The molecule has 5 nitrogen and oxygen atoms in total. The topological polar surface area (TPSA) is 79.5 Å². The van der Waals surface area contributed by atoms with Crippen molar-refractivity contribution < 1.29 is 19.1 Å². The third-order valence-electron chi connectivity index (χ3n) is 3.76. The zero-order chi connectivity index (χ0) is 14.8. The second kappa shape index (κ2) is 5.44. The first-order chi connectivity index (χ1) is 10.2. The molecule has 1 aromatic carbocycles. The van der Waals surface area contributed by atoms with E-state index in [1.165, 1.54) is 12.1 Å². The van der Waals surface area contributed by atoms with Crippen molar-refractivity contribution in [2.24, 2.45) is 0 Å². The van der Waals surface area contributed by atoms with Gasteiger partial charge in [-0.15, -0.1) is 0 Å². The Morgan fingerprint density at radius 3 is 2.71 bits per heavy atom. The number of fused-ring (bicyclic) bond motifs is 1. The molecule has 0 bridgehead atoms. The molecule has 1 aliphatic carbocycles. The summed E-state index contributed by atoms with van der Waals surface area (Å²) >= 11 is 0. The van der Waals surface area contributed by atoms with Gasteiger partial charge in [0.2, 0.25) is 0 Å². The SMILES string of the molecule is O=C(O)c1ccccc1C(=O)NC1CCCc2occc21. The molecule has 0 radical (unpaired) electrons. The van der Waals surface area contributed by atoms with Crippen molar-refractivity contribution in [1.29, 1.82) is 0 Å². The van der Waals surface area contributed by atoms with E-state index in [2.05, 4.69) is 5.32 Å². The maximum atomic E-state index is 12.4. The molecule has 3 rings (SSSR count). The molecule has 0 spiro atoms. The van der Waals surface area contributed by atoms with E-state index in [4.69, 9.17) is 9.52 Å². The predicted molar refractivity (Wildman–Crippen MR) is 75.3 cm³/mol. The van der Waals surface area contributed by atoms with Crippen LogP contribution in [0.25, 0.3) is 0 Å². The molecule has 1 aliphatic rings. The van der Waals surface area contributed by atoms with Gasteiger partial charge in [-0.05, 0) is 31.0 Å². The summed E-state index contributed by atoms with van der Waals surface area (Å²) < 4.78 is 5.39. The predicted octanol–water partition coefficient (Wildman–Crippen LogP) is 2.79. The van der Waals surface area contributed by atoms with Crippen LogP contribution in [0.2, 0.25) is 0 Å². The number of aryl methyl sites for hydroxylation is 1. The van der Waals surface area contributed by atoms with E-state index in [-0.39, 0.29) is 23.1 Å². The van der Waals surface area contributed by atoms with Crippen molar-refractivity contribution in [1.82, 2.24) is 5.32 Å². The van der Waals surface area contributed by atoms with Gasteiger partial charge in [0.25, 0.3) is 5.91 Å². The molecule has 1 heterocycles. The summed E-state index contributed by atoms with van der Waals surface area (Å²) in [5.41, 5.74) is 1.18. The molecule has 108 valence electrons. The van der Waals surface area contributed by atoms with Crippen LogP contribution in [-0.4, -0.2) is 17.0 Å². The lowest BCUT2D eigenvalue weighted by Crippen LogP contribution is -2.31. The average Bonchev–Trinajstić information content (AvgIpc) is 2.96. The lowest BCUT2D eigenvalue weighted by molar-refractivity contribution is 0.0690. The molecule has 0 saturated carbocycles. The highest BCUT2D eigenvalue weighted by atomic mass is 16.4. The number of carbonyl (C=O) groups is 2. The molecule has 2 aromatic rings. The first-order valence-corrected chi connectivity index (χ1v) is 6.86. The first kappa shape index (κ1) is 13.4. The summed E-state index contributed by atoms with van der Waals surface area (Å²) in [6, 6.07) is 7.96. The van der Waals surface area contributed by atoms with Crippen LogP contribution in [0.5, 0.6) is 0 Å². The molecule has 0 aliphatic heterocycles. The van der Waals surface area contributed by atoms with Crippen molar-refractivity contribution in [3.63, 3.8) is 0 Å². The van der Waals surface area contributed by atoms with E-state index in [0.29, 0.717) is 0 Å². The van der Waals surface area contributed by atoms with Gasteiger partial charge in [-0.25, -0.2) is 4.79 Å². The Hall–Kier alpha value is -2.56. The van der Waals surface area contributed by atoms with Crippen molar-refractivity contribution >= 4 is 11.9 Å². The number of aromatic carboxylic acids is 1.